The van der Waals surface area contributed by atoms with Crippen LogP contribution < -0.4 is 21.5 Å². The van der Waals surface area contributed by atoms with Crippen molar-refractivity contribution in [3.05, 3.63) is 102 Å². The van der Waals surface area contributed by atoms with Crippen LogP contribution in [0, 0.1) is 13.8 Å². The minimum atomic E-state index is -4.03. The van der Waals surface area contributed by atoms with E-state index >= 15 is 0 Å². The van der Waals surface area contributed by atoms with Gasteiger partial charge in [0.15, 0.2) is 0 Å². The van der Waals surface area contributed by atoms with Crippen LogP contribution in [0.1, 0.15) is 21.6 Å². The number of aryl methyl sites for hydroxylation is 2. The number of nitrogens with one attached hydrogen (secondary N) is 1. The van der Waals surface area contributed by atoms with E-state index < -0.39 is 15.7 Å². The number of hydrogen-bond acceptors (Lipinski definition) is 8. The number of nitrogen functional groups attached to an aromatic ring is 1. The first kappa shape index (κ1) is 27.7. The number of amides is 1. The Morgan fingerprint density at radius 3 is 2.42 bits per heavy atom. The quantitative estimate of drug-likeness (QED) is 0.207. The van der Waals surface area contributed by atoms with Gasteiger partial charge in [-0.1, -0.05) is 6.07 Å². The van der Waals surface area contributed by atoms with E-state index in [0.717, 1.165) is 16.8 Å². The highest BCUT2D eigenvalue weighted by Crippen LogP contribution is 2.35. The Morgan fingerprint density at radius 1 is 0.930 bits per heavy atom. The molecule has 6 rings (SSSR count). The Hall–Kier alpha value is -5.42. The average Bonchev–Trinajstić information content (AvgIpc) is 3.33. The summed E-state index contributed by atoms with van der Waals surface area (Å²) < 4.78 is 35.3. The van der Waals surface area contributed by atoms with Crippen LogP contribution in [0.15, 0.2) is 94.9 Å². The van der Waals surface area contributed by atoms with Gasteiger partial charge in [0.1, 0.15) is 5.75 Å². The number of aromatic nitrogens is 3. The second-order valence-electron chi connectivity index (χ2n) is 10.2. The number of sulfone groups is 1. The fourth-order valence-electron chi connectivity index (χ4n) is 5.13. The van der Waals surface area contributed by atoms with Crippen LogP contribution in [-0.4, -0.2) is 36.2 Å². The van der Waals surface area contributed by atoms with E-state index in [1.165, 1.54) is 12.3 Å². The lowest BCUT2D eigenvalue weighted by molar-refractivity contribution is 0.100. The van der Waals surface area contributed by atoms with Crippen LogP contribution in [0.5, 0.6) is 5.75 Å². The third kappa shape index (κ3) is 4.89. The van der Waals surface area contributed by atoms with Crippen LogP contribution in [-0.2, 0) is 9.84 Å². The van der Waals surface area contributed by atoms with Crippen LogP contribution in [0.4, 0.5) is 17.1 Å². The molecule has 0 atom stereocenters. The third-order valence-electron chi connectivity index (χ3n) is 7.34. The van der Waals surface area contributed by atoms with Gasteiger partial charge in [0.25, 0.3) is 5.91 Å². The number of rotatable bonds is 7. The first-order valence-corrected chi connectivity index (χ1v) is 14.8. The number of fused-ring (bicyclic) bond motifs is 2. The molecule has 0 saturated carbocycles. The van der Waals surface area contributed by atoms with E-state index in [1.54, 1.807) is 79.4 Å². The molecule has 11 heteroatoms. The zero-order chi connectivity index (χ0) is 30.5. The van der Waals surface area contributed by atoms with E-state index in [4.69, 9.17) is 16.2 Å². The molecule has 0 bridgehead atoms. The Morgan fingerprint density at radius 2 is 1.70 bits per heavy atom. The van der Waals surface area contributed by atoms with Gasteiger partial charge in [0.2, 0.25) is 9.84 Å². The number of carbonyl (C=O) groups excluding carboxylic acids is 1. The standard InChI is InChI=1S/C32H28N6O4S/c1-18-13-25(15-27-30(18)35-17-28(32(34)39)31(27)36-21-5-4-6-23(14-21)42-3)43(40,41)24-11-12-26-19(2)37-38(29(26)16-24)22-9-7-20(33)8-10-22/h4-17H,33H2,1-3H3,(H2,34,39)(H,35,36). The van der Waals surface area contributed by atoms with Gasteiger partial charge < -0.3 is 21.5 Å². The normalized spacial score (nSPS) is 11.6. The van der Waals surface area contributed by atoms with E-state index in [1.807, 2.05) is 19.1 Å². The fourth-order valence-corrected chi connectivity index (χ4v) is 6.53. The summed E-state index contributed by atoms with van der Waals surface area (Å²) in [5, 5.41) is 9.14. The smallest absolute Gasteiger partial charge is 0.252 e. The zero-order valence-electron chi connectivity index (χ0n) is 23.6. The molecule has 1 amide bonds. The predicted molar refractivity (Wildman–Crippen MR) is 167 cm³/mol. The maximum atomic E-state index is 14.1. The monoisotopic (exact) mass is 592 g/mol. The van der Waals surface area contributed by atoms with E-state index in [0.29, 0.717) is 44.8 Å². The molecule has 0 aliphatic rings. The van der Waals surface area contributed by atoms with Gasteiger partial charge in [-0.25, -0.2) is 13.1 Å². The molecule has 0 spiro atoms. The largest absolute Gasteiger partial charge is 0.497 e. The molecule has 10 nitrogen and oxygen atoms in total. The lowest BCUT2D eigenvalue weighted by atomic mass is 10.1. The molecule has 2 heterocycles. The summed E-state index contributed by atoms with van der Waals surface area (Å²) in [4.78, 5) is 17.0. The zero-order valence-corrected chi connectivity index (χ0v) is 24.4. The summed E-state index contributed by atoms with van der Waals surface area (Å²) in [6.07, 6.45) is 1.39. The molecule has 0 aliphatic carbocycles. The summed E-state index contributed by atoms with van der Waals surface area (Å²) >= 11 is 0. The number of nitrogens with zero attached hydrogens (tertiary/aromatic N) is 3. The van der Waals surface area contributed by atoms with Crippen molar-refractivity contribution in [3.8, 4) is 11.4 Å². The van der Waals surface area contributed by atoms with E-state index in [2.05, 4.69) is 15.4 Å². The van der Waals surface area contributed by atoms with Gasteiger partial charge in [0.05, 0.1) is 50.6 Å². The summed E-state index contributed by atoms with van der Waals surface area (Å²) in [6.45, 7) is 3.65. The molecule has 0 fully saturated rings. The Kier molecular flexibility index (Phi) is 6.74. The number of hydrogen-bond donors (Lipinski definition) is 3. The lowest BCUT2D eigenvalue weighted by Gasteiger charge is -2.16. The minimum absolute atomic E-state index is 0.0456. The Labute approximate surface area is 247 Å². The Bertz CT molecular complexity index is 2170. The van der Waals surface area contributed by atoms with Crippen molar-refractivity contribution in [1.82, 2.24) is 14.8 Å². The summed E-state index contributed by atoms with van der Waals surface area (Å²) in [6, 6.07) is 22.4. The van der Waals surface area contributed by atoms with Crippen molar-refractivity contribution < 1.29 is 17.9 Å². The van der Waals surface area contributed by atoms with Gasteiger partial charge in [-0.15, -0.1) is 0 Å². The molecule has 0 unspecified atom stereocenters. The first-order valence-electron chi connectivity index (χ1n) is 13.3. The van der Waals surface area contributed by atoms with Crippen molar-refractivity contribution in [2.45, 2.75) is 23.6 Å². The van der Waals surface area contributed by atoms with Gasteiger partial charge in [-0.05, 0) is 86.1 Å². The van der Waals surface area contributed by atoms with Gasteiger partial charge in [0, 0.05) is 34.4 Å². The molecule has 43 heavy (non-hydrogen) atoms. The van der Waals surface area contributed by atoms with E-state index in [9.17, 15) is 13.2 Å². The molecular formula is C32H28N6O4S. The molecule has 0 saturated heterocycles. The molecular weight excluding hydrogens is 564 g/mol. The number of carbonyl (C=O) groups is 1. The van der Waals surface area contributed by atoms with Crippen molar-refractivity contribution in [1.29, 1.82) is 0 Å². The summed E-state index contributed by atoms with van der Waals surface area (Å²) in [5.41, 5.74) is 16.6. The van der Waals surface area contributed by atoms with Gasteiger partial charge in [-0.3, -0.25) is 9.78 Å². The fraction of sp³-hybridized carbons (Fsp3) is 0.0938. The molecule has 0 radical (unpaired) electrons. The number of ether oxygens (including phenoxy) is 1. The molecule has 6 aromatic rings. The van der Waals surface area contributed by atoms with Crippen molar-refractivity contribution in [3.63, 3.8) is 0 Å². The molecule has 5 N–H and O–H groups in total. The van der Waals surface area contributed by atoms with Gasteiger partial charge in [-0.2, -0.15) is 5.10 Å². The summed E-state index contributed by atoms with van der Waals surface area (Å²) in [5.74, 6) is -0.102. The van der Waals surface area contributed by atoms with Crippen LogP contribution in [0.3, 0.4) is 0 Å². The number of pyridine rings is 1. The molecule has 0 aliphatic heterocycles. The third-order valence-corrected chi connectivity index (χ3v) is 9.07. The average molecular weight is 593 g/mol. The molecule has 4 aromatic carbocycles. The van der Waals surface area contributed by atoms with Crippen LogP contribution >= 0.6 is 0 Å². The SMILES string of the molecule is COc1cccc(Nc2c(C(N)=O)cnc3c(C)cc(S(=O)(=O)c4ccc5c(C)nn(-c6ccc(N)cc6)c5c4)cc23)c1. The first-order chi connectivity index (χ1) is 20.6. The Balaban J connectivity index is 1.52. The lowest BCUT2D eigenvalue weighted by Crippen LogP contribution is -2.14. The van der Waals surface area contributed by atoms with Crippen molar-refractivity contribution in [2.24, 2.45) is 5.73 Å². The number of methoxy groups -OCH3 is 1. The number of nitrogens with two attached hydrogens (primary N) is 2. The number of anilines is 3. The molecule has 2 aromatic heterocycles. The maximum absolute atomic E-state index is 14.1. The van der Waals surface area contributed by atoms with Crippen LogP contribution in [0.25, 0.3) is 27.5 Å². The highest BCUT2D eigenvalue weighted by atomic mass is 32.2. The minimum Gasteiger partial charge on any atom is -0.497 e. The second-order valence-corrected chi connectivity index (χ2v) is 12.1. The number of benzene rings is 4. The molecule has 216 valence electrons. The maximum Gasteiger partial charge on any atom is 0.252 e. The highest BCUT2D eigenvalue weighted by molar-refractivity contribution is 7.91. The second kappa shape index (κ2) is 10.4. The summed E-state index contributed by atoms with van der Waals surface area (Å²) in [7, 11) is -2.47. The van der Waals surface area contributed by atoms with Crippen LogP contribution in [0.2, 0.25) is 0 Å². The van der Waals surface area contributed by atoms with Crippen molar-refractivity contribution >= 4 is 54.6 Å². The highest BCUT2D eigenvalue weighted by Gasteiger charge is 2.24. The predicted octanol–water partition coefficient (Wildman–Crippen LogP) is 5.46. The number of primary amides is 1. The topological polar surface area (TPSA) is 155 Å². The van der Waals surface area contributed by atoms with Crippen molar-refractivity contribution in [2.75, 3.05) is 18.2 Å². The van der Waals surface area contributed by atoms with Gasteiger partial charge >= 0.3 is 0 Å². The van der Waals surface area contributed by atoms with E-state index in [-0.39, 0.29) is 15.4 Å².